The summed E-state index contributed by atoms with van der Waals surface area (Å²) in [6.07, 6.45) is 1.50. The van der Waals surface area contributed by atoms with Crippen LogP contribution in [-0.4, -0.2) is 38.3 Å². The van der Waals surface area contributed by atoms with Crippen LogP contribution in [0.5, 0.6) is 0 Å². The van der Waals surface area contributed by atoms with Crippen LogP contribution in [-0.2, 0) is 9.84 Å². The summed E-state index contributed by atoms with van der Waals surface area (Å²) in [5.74, 6) is -0.254. The number of nitrogens with two attached hydrogens (primary N) is 1. The van der Waals surface area contributed by atoms with Crippen molar-refractivity contribution < 1.29 is 18.3 Å². The lowest BCUT2D eigenvalue weighted by Crippen LogP contribution is -2.39. The lowest BCUT2D eigenvalue weighted by Gasteiger charge is -2.21. The molecule has 6 nitrogen and oxygen atoms in total. The van der Waals surface area contributed by atoms with Gasteiger partial charge in [0.05, 0.1) is 4.90 Å². The third-order valence-electron chi connectivity index (χ3n) is 3.18. The Hall–Kier alpha value is -1.60. The molecule has 1 atom stereocenters. The Morgan fingerprint density at radius 1 is 1.33 bits per heavy atom. The first-order valence-corrected chi connectivity index (χ1v) is 8.56. The molecule has 7 heteroatoms. The number of carbonyl (C=O) groups excluding carboxylic acids is 1. The molecule has 0 radical (unpaired) electrons. The Balaban J connectivity index is 3.05. The molecule has 0 heterocycles. The number of hydrogen-bond donors (Lipinski definition) is 3. The fourth-order valence-electron chi connectivity index (χ4n) is 1.93. The molecule has 1 aromatic rings. The molecule has 1 unspecified atom stereocenters. The Morgan fingerprint density at radius 3 is 2.43 bits per heavy atom. The van der Waals surface area contributed by atoms with Gasteiger partial charge < -0.3 is 16.2 Å². The summed E-state index contributed by atoms with van der Waals surface area (Å²) in [6, 6.07) is 3.86. The fraction of sp³-hybridized carbons (Fsp3) is 0.500. The van der Waals surface area contributed by atoms with Gasteiger partial charge in [-0.25, -0.2) is 8.42 Å². The molecule has 0 saturated carbocycles. The molecule has 0 saturated heterocycles. The summed E-state index contributed by atoms with van der Waals surface area (Å²) in [4.78, 5) is 12.2. The zero-order valence-electron chi connectivity index (χ0n) is 12.5. The minimum absolute atomic E-state index is 0.0101. The number of aliphatic hydroxyl groups is 1. The lowest BCUT2D eigenvalue weighted by molar-refractivity contribution is 0.0916. The van der Waals surface area contributed by atoms with Crippen LogP contribution in [0.25, 0.3) is 0 Å². The Morgan fingerprint density at radius 2 is 1.95 bits per heavy atom. The lowest BCUT2D eigenvalue weighted by atomic mass is 10.0. The van der Waals surface area contributed by atoms with Gasteiger partial charge in [-0.05, 0) is 30.5 Å². The van der Waals surface area contributed by atoms with Crippen LogP contribution < -0.4 is 11.1 Å². The monoisotopic (exact) mass is 314 g/mol. The number of hydrogen-bond acceptors (Lipinski definition) is 5. The Labute approximate surface area is 125 Å². The van der Waals surface area contributed by atoms with E-state index in [2.05, 4.69) is 5.32 Å². The van der Waals surface area contributed by atoms with Crippen molar-refractivity contribution in [2.75, 3.05) is 18.6 Å². The molecule has 0 aliphatic rings. The molecule has 0 fully saturated rings. The number of anilines is 1. The van der Waals surface area contributed by atoms with Crippen LogP contribution in [0.2, 0.25) is 0 Å². The van der Waals surface area contributed by atoms with Crippen molar-refractivity contribution in [3.05, 3.63) is 23.8 Å². The van der Waals surface area contributed by atoms with E-state index in [4.69, 9.17) is 10.8 Å². The SMILES string of the molecule is CC(C)C(CCO)NC(=O)c1cc(N)cc(S(C)(=O)=O)c1. The largest absolute Gasteiger partial charge is 0.399 e. The molecule has 1 amide bonds. The molecule has 0 spiro atoms. The van der Waals surface area contributed by atoms with Crippen LogP contribution in [0.4, 0.5) is 5.69 Å². The Bertz CT molecular complexity index is 611. The highest BCUT2D eigenvalue weighted by Gasteiger charge is 2.18. The van der Waals surface area contributed by atoms with Crippen LogP contribution in [0.15, 0.2) is 23.1 Å². The van der Waals surface area contributed by atoms with Gasteiger partial charge in [0.25, 0.3) is 5.91 Å². The number of aliphatic hydroxyl groups excluding tert-OH is 1. The quantitative estimate of drug-likeness (QED) is 0.673. The topological polar surface area (TPSA) is 109 Å². The van der Waals surface area contributed by atoms with E-state index < -0.39 is 15.7 Å². The maximum Gasteiger partial charge on any atom is 0.251 e. The van der Waals surface area contributed by atoms with Gasteiger partial charge in [-0.15, -0.1) is 0 Å². The number of carbonyl (C=O) groups is 1. The van der Waals surface area contributed by atoms with Crippen molar-refractivity contribution in [3.63, 3.8) is 0 Å². The summed E-state index contributed by atoms with van der Waals surface area (Å²) in [6.45, 7) is 3.83. The summed E-state index contributed by atoms with van der Waals surface area (Å²) in [7, 11) is -3.44. The second kappa shape index (κ2) is 6.91. The fourth-order valence-corrected chi connectivity index (χ4v) is 2.62. The van der Waals surface area contributed by atoms with Crippen molar-refractivity contribution in [2.24, 2.45) is 5.92 Å². The molecule has 1 aromatic carbocycles. The van der Waals surface area contributed by atoms with Crippen molar-refractivity contribution in [1.29, 1.82) is 0 Å². The van der Waals surface area contributed by atoms with Crippen LogP contribution in [0.1, 0.15) is 30.6 Å². The molecule has 4 N–H and O–H groups in total. The van der Waals surface area contributed by atoms with E-state index in [0.29, 0.717) is 6.42 Å². The van der Waals surface area contributed by atoms with E-state index in [-0.39, 0.29) is 34.7 Å². The van der Waals surface area contributed by atoms with E-state index in [1.807, 2.05) is 13.8 Å². The highest BCUT2D eigenvalue weighted by atomic mass is 32.2. The smallest absolute Gasteiger partial charge is 0.251 e. The molecule has 118 valence electrons. The third kappa shape index (κ3) is 5.02. The van der Waals surface area contributed by atoms with Gasteiger partial charge in [0, 0.05) is 30.2 Å². The van der Waals surface area contributed by atoms with Gasteiger partial charge in [-0.2, -0.15) is 0 Å². The number of rotatable bonds is 6. The molecular weight excluding hydrogens is 292 g/mol. The first-order valence-electron chi connectivity index (χ1n) is 6.67. The average Bonchev–Trinajstić information content (AvgIpc) is 2.36. The molecule has 0 aliphatic carbocycles. The number of benzene rings is 1. The van der Waals surface area contributed by atoms with Crippen LogP contribution in [0, 0.1) is 5.92 Å². The van der Waals surface area contributed by atoms with Gasteiger partial charge in [0.2, 0.25) is 0 Å². The van der Waals surface area contributed by atoms with Crippen molar-refractivity contribution in [2.45, 2.75) is 31.2 Å². The standard InChI is InChI=1S/C14H22N2O4S/c1-9(2)13(4-5-17)16-14(18)10-6-11(15)8-12(7-10)21(3,19)20/h6-9,13,17H,4-5,15H2,1-3H3,(H,16,18). The summed E-state index contributed by atoms with van der Waals surface area (Å²) >= 11 is 0. The summed E-state index contributed by atoms with van der Waals surface area (Å²) in [5.41, 5.74) is 6.07. The minimum atomic E-state index is -3.44. The summed E-state index contributed by atoms with van der Waals surface area (Å²) < 4.78 is 23.1. The van der Waals surface area contributed by atoms with Gasteiger partial charge in [0.15, 0.2) is 9.84 Å². The first kappa shape index (κ1) is 17.5. The van der Waals surface area contributed by atoms with E-state index in [1.165, 1.54) is 18.2 Å². The predicted octanol–water partition coefficient (Wildman–Crippen LogP) is 0.809. The highest BCUT2D eigenvalue weighted by Crippen LogP contribution is 2.17. The van der Waals surface area contributed by atoms with E-state index in [1.54, 1.807) is 0 Å². The second-order valence-corrected chi connectivity index (χ2v) is 7.41. The number of nitrogen functional groups attached to an aromatic ring is 1. The minimum Gasteiger partial charge on any atom is -0.399 e. The molecule has 0 bridgehead atoms. The molecule has 1 rings (SSSR count). The summed E-state index contributed by atoms with van der Waals surface area (Å²) in [5, 5.41) is 11.8. The maximum absolute atomic E-state index is 12.2. The highest BCUT2D eigenvalue weighted by molar-refractivity contribution is 7.90. The number of sulfone groups is 1. The first-order chi connectivity index (χ1) is 9.65. The molecule has 0 aliphatic heterocycles. The molecule has 21 heavy (non-hydrogen) atoms. The van der Waals surface area contributed by atoms with Crippen molar-refractivity contribution in [3.8, 4) is 0 Å². The van der Waals surface area contributed by atoms with E-state index in [9.17, 15) is 13.2 Å². The second-order valence-electron chi connectivity index (χ2n) is 5.40. The maximum atomic E-state index is 12.2. The normalized spacial score (nSPS) is 13.2. The average molecular weight is 314 g/mol. The third-order valence-corrected chi connectivity index (χ3v) is 4.27. The zero-order chi connectivity index (χ0) is 16.2. The van der Waals surface area contributed by atoms with Gasteiger partial charge in [-0.1, -0.05) is 13.8 Å². The van der Waals surface area contributed by atoms with Gasteiger partial charge in [0.1, 0.15) is 0 Å². The van der Waals surface area contributed by atoms with Crippen molar-refractivity contribution >= 4 is 21.4 Å². The predicted molar refractivity (Wildman–Crippen MR) is 81.8 cm³/mol. The van der Waals surface area contributed by atoms with E-state index in [0.717, 1.165) is 6.26 Å². The van der Waals surface area contributed by atoms with Crippen molar-refractivity contribution in [1.82, 2.24) is 5.32 Å². The van der Waals surface area contributed by atoms with Crippen LogP contribution in [0.3, 0.4) is 0 Å². The zero-order valence-corrected chi connectivity index (χ0v) is 13.3. The molecule has 0 aromatic heterocycles. The van der Waals surface area contributed by atoms with Crippen LogP contribution >= 0.6 is 0 Å². The Kier molecular flexibility index (Phi) is 5.74. The number of amides is 1. The van der Waals surface area contributed by atoms with E-state index >= 15 is 0 Å². The van der Waals surface area contributed by atoms with Gasteiger partial charge in [-0.3, -0.25) is 4.79 Å². The molecular formula is C14H22N2O4S. The van der Waals surface area contributed by atoms with Gasteiger partial charge >= 0.3 is 0 Å². The number of nitrogens with one attached hydrogen (secondary N) is 1.